The number of amides is 2. The minimum absolute atomic E-state index is 0.0329. The Morgan fingerprint density at radius 3 is 2.60 bits per heavy atom. The molecule has 30 heavy (non-hydrogen) atoms. The molecule has 0 radical (unpaired) electrons. The number of carbonyl (C=O) groups is 2. The Labute approximate surface area is 179 Å². The number of anilines is 2. The fraction of sp³-hybridized carbons (Fsp3) is 0.130. The lowest BCUT2D eigenvalue weighted by molar-refractivity contribution is -0.121. The van der Waals surface area contributed by atoms with E-state index in [0.29, 0.717) is 40.9 Å². The zero-order valence-electron chi connectivity index (χ0n) is 16.0. The standard InChI is InChI=1S/C23H19ClN2O4/c24-17-8-6-16(7-9-17)23(28)25-18-10-11-21-20(14-18)26(22(27)15-30-21)12-13-29-19-4-2-1-3-5-19/h1-11,14H,12-13,15H2,(H,25,28). The Morgan fingerprint density at radius 1 is 1.07 bits per heavy atom. The van der Waals surface area contributed by atoms with Gasteiger partial charge in [0.15, 0.2) is 6.61 Å². The molecule has 152 valence electrons. The second-order valence-corrected chi connectivity index (χ2v) is 7.08. The van der Waals surface area contributed by atoms with Crippen LogP contribution in [0.15, 0.2) is 72.8 Å². The summed E-state index contributed by atoms with van der Waals surface area (Å²) in [7, 11) is 0. The summed E-state index contributed by atoms with van der Waals surface area (Å²) in [4.78, 5) is 26.5. The lowest BCUT2D eigenvalue weighted by Gasteiger charge is -2.29. The number of nitrogens with zero attached hydrogens (tertiary/aromatic N) is 1. The largest absolute Gasteiger partial charge is 0.492 e. The monoisotopic (exact) mass is 422 g/mol. The Kier molecular flexibility index (Phi) is 5.86. The highest BCUT2D eigenvalue weighted by Gasteiger charge is 2.26. The number of halogens is 1. The molecule has 0 atom stereocenters. The number of fused-ring (bicyclic) bond motifs is 1. The van der Waals surface area contributed by atoms with E-state index in [1.165, 1.54) is 0 Å². The van der Waals surface area contributed by atoms with Gasteiger partial charge in [0.25, 0.3) is 11.8 Å². The third-order valence-corrected chi connectivity index (χ3v) is 4.85. The van der Waals surface area contributed by atoms with E-state index in [-0.39, 0.29) is 18.4 Å². The van der Waals surface area contributed by atoms with Crippen molar-refractivity contribution in [3.8, 4) is 11.5 Å². The number of benzene rings is 3. The summed E-state index contributed by atoms with van der Waals surface area (Å²) in [6, 6.07) is 21.2. The predicted octanol–water partition coefficient (Wildman–Crippen LogP) is 4.40. The second-order valence-electron chi connectivity index (χ2n) is 6.64. The fourth-order valence-corrected chi connectivity index (χ4v) is 3.23. The molecule has 0 saturated heterocycles. The van der Waals surface area contributed by atoms with Crippen LogP contribution in [0.25, 0.3) is 0 Å². The van der Waals surface area contributed by atoms with E-state index in [9.17, 15) is 9.59 Å². The summed E-state index contributed by atoms with van der Waals surface area (Å²) < 4.78 is 11.2. The van der Waals surface area contributed by atoms with Gasteiger partial charge in [-0.05, 0) is 54.6 Å². The van der Waals surface area contributed by atoms with Gasteiger partial charge in [-0.3, -0.25) is 9.59 Å². The molecule has 0 unspecified atom stereocenters. The summed E-state index contributed by atoms with van der Waals surface area (Å²) in [6.45, 7) is 0.657. The smallest absolute Gasteiger partial charge is 0.265 e. The van der Waals surface area contributed by atoms with Gasteiger partial charge in [0.2, 0.25) is 0 Å². The number of ether oxygens (including phenoxy) is 2. The lowest BCUT2D eigenvalue weighted by Crippen LogP contribution is -2.41. The van der Waals surface area contributed by atoms with E-state index in [0.717, 1.165) is 5.75 Å². The first-order valence-electron chi connectivity index (χ1n) is 9.42. The van der Waals surface area contributed by atoms with Crippen LogP contribution in [0.2, 0.25) is 5.02 Å². The molecule has 0 aliphatic carbocycles. The Morgan fingerprint density at radius 2 is 1.83 bits per heavy atom. The summed E-state index contributed by atoms with van der Waals surface area (Å²) >= 11 is 5.87. The van der Waals surface area contributed by atoms with Gasteiger partial charge in [0, 0.05) is 16.3 Å². The van der Waals surface area contributed by atoms with E-state index in [4.69, 9.17) is 21.1 Å². The van der Waals surface area contributed by atoms with Crippen molar-refractivity contribution in [3.63, 3.8) is 0 Å². The number of nitrogens with one attached hydrogen (secondary N) is 1. The summed E-state index contributed by atoms with van der Waals surface area (Å²) in [5.41, 5.74) is 1.63. The van der Waals surface area contributed by atoms with Crippen molar-refractivity contribution in [2.24, 2.45) is 0 Å². The SMILES string of the molecule is O=C(Nc1ccc2c(c1)N(CCOc1ccccc1)C(=O)CO2)c1ccc(Cl)cc1. The van der Waals surface area contributed by atoms with Crippen LogP contribution in [0.4, 0.5) is 11.4 Å². The van der Waals surface area contributed by atoms with Crippen LogP contribution in [-0.2, 0) is 4.79 Å². The number of hydrogen-bond acceptors (Lipinski definition) is 4. The maximum Gasteiger partial charge on any atom is 0.265 e. The number of para-hydroxylation sites is 1. The van der Waals surface area contributed by atoms with Crippen molar-refractivity contribution in [2.75, 3.05) is 30.0 Å². The first kappa shape index (κ1) is 19.8. The van der Waals surface area contributed by atoms with Gasteiger partial charge >= 0.3 is 0 Å². The van der Waals surface area contributed by atoms with Gasteiger partial charge in [-0.15, -0.1) is 0 Å². The van der Waals surface area contributed by atoms with Gasteiger partial charge in [-0.2, -0.15) is 0 Å². The molecule has 4 rings (SSSR count). The van der Waals surface area contributed by atoms with Crippen LogP contribution in [0.5, 0.6) is 11.5 Å². The van der Waals surface area contributed by atoms with Crippen molar-refractivity contribution < 1.29 is 19.1 Å². The highest BCUT2D eigenvalue weighted by atomic mass is 35.5. The maximum absolute atomic E-state index is 12.5. The van der Waals surface area contributed by atoms with Crippen LogP contribution in [0.3, 0.4) is 0 Å². The summed E-state index contributed by atoms with van der Waals surface area (Å²) in [5.74, 6) is 0.884. The second kappa shape index (κ2) is 8.88. The van der Waals surface area contributed by atoms with Crippen LogP contribution >= 0.6 is 11.6 Å². The highest BCUT2D eigenvalue weighted by molar-refractivity contribution is 6.30. The summed E-state index contributed by atoms with van der Waals surface area (Å²) in [5, 5.41) is 3.40. The quantitative estimate of drug-likeness (QED) is 0.639. The zero-order chi connectivity index (χ0) is 20.9. The molecule has 0 bridgehead atoms. The van der Waals surface area contributed by atoms with Crippen LogP contribution in [0.1, 0.15) is 10.4 Å². The normalized spacial score (nSPS) is 12.7. The molecule has 0 fully saturated rings. The zero-order valence-corrected chi connectivity index (χ0v) is 16.8. The predicted molar refractivity (Wildman–Crippen MR) is 116 cm³/mol. The molecule has 0 spiro atoms. The molecule has 1 N–H and O–H groups in total. The number of hydrogen-bond donors (Lipinski definition) is 1. The Hall–Kier alpha value is -3.51. The van der Waals surface area contributed by atoms with Crippen molar-refractivity contribution >= 4 is 34.8 Å². The highest BCUT2D eigenvalue weighted by Crippen LogP contribution is 2.34. The van der Waals surface area contributed by atoms with E-state index in [2.05, 4.69) is 5.32 Å². The fourth-order valence-electron chi connectivity index (χ4n) is 3.10. The lowest BCUT2D eigenvalue weighted by atomic mass is 10.2. The molecule has 6 nitrogen and oxygen atoms in total. The van der Waals surface area contributed by atoms with Gasteiger partial charge in [0.05, 0.1) is 12.2 Å². The van der Waals surface area contributed by atoms with E-state index < -0.39 is 0 Å². The van der Waals surface area contributed by atoms with Gasteiger partial charge < -0.3 is 19.7 Å². The number of carbonyl (C=O) groups excluding carboxylic acids is 2. The topological polar surface area (TPSA) is 67.9 Å². The Bertz CT molecular complexity index is 1050. The molecule has 0 saturated carbocycles. The Balaban J connectivity index is 1.48. The maximum atomic E-state index is 12.5. The molecule has 3 aromatic rings. The first-order chi connectivity index (χ1) is 14.6. The molecular weight excluding hydrogens is 404 g/mol. The average Bonchev–Trinajstić information content (AvgIpc) is 2.76. The third kappa shape index (κ3) is 4.55. The molecule has 2 amide bonds. The molecule has 1 aliphatic rings. The van der Waals surface area contributed by atoms with E-state index in [1.807, 2.05) is 30.3 Å². The molecule has 7 heteroatoms. The van der Waals surface area contributed by atoms with Gasteiger partial charge in [-0.25, -0.2) is 0 Å². The van der Waals surface area contributed by atoms with Crippen LogP contribution < -0.4 is 19.7 Å². The summed E-state index contributed by atoms with van der Waals surface area (Å²) in [6.07, 6.45) is 0. The third-order valence-electron chi connectivity index (χ3n) is 4.59. The molecule has 1 aliphatic heterocycles. The van der Waals surface area contributed by atoms with Crippen molar-refractivity contribution in [2.45, 2.75) is 0 Å². The number of rotatable bonds is 6. The van der Waals surface area contributed by atoms with Gasteiger partial charge in [-0.1, -0.05) is 29.8 Å². The van der Waals surface area contributed by atoms with Crippen LogP contribution in [-0.4, -0.2) is 31.6 Å². The van der Waals surface area contributed by atoms with Crippen molar-refractivity contribution in [1.29, 1.82) is 0 Å². The van der Waals surface area contributed by atoms with Crippen LogP contribution in [0, 0.1) is 0 Å². The van der Waals surface area contributed by atoms with Crippen molar-refractivity contribution in [1.82, 2.24) is 0 Å². The van der Waals surface area contributed by atoms with E-state index in [1.54, 1.807) is 47.4 Å². The van der Waals surface area contributed by atoms with Gasteiger partial charge in [0.1, 0.15) is 18.1 Å². The minimum atomic E-state index is -0.270. The van der Waals surface area contributed by atoms with Crippen molar-refractivity contribution in [3.05, 3.63) is 83.4 Å². The first-order valence-corrected chi connectivity index (χ1v) is 9.80. The minimum Gasteiger partial charge on any atom is -0.492 e. The van der Waals surface area contributed by atoms with E-state index >= 15 is 0 Å². The average molecular weight is 423 g/mol. The molecule has 3 aromatic carbocycles. The molecular formula is C23H19ClN2O4. The molecule has 1 heterocycles. The molecule has 0 aromatic heterocycles.